The van der Waals surface area contributed by atoms with Gasteiger partial charge < -0.3 is 18.4 Å². The molecule has 0 aromatic heterocycles. The molecule has 0 spiro atoms. The number of ether oxygens (including phenoxy) is 2. The summed E-state index contributed by atoms with van der Waals surface area (Å²) in [5.41, 5.74) is 5.57. The van der Waals surface area contributed by atoms with Gasteiger partial charge in [0.1, 0.15) is 13.1 Å². The molecule has 4 nitrogen and oxygen atoms in total. The van der Waals surface area contributed by atoms with Gasteiger partial charge in [0, 0.05) is 0 Å². The van der Waals surface area contributed by atoms with E-state index in [1.54, 1.807) is 11.1 Å². The molecular formula is C67H120N2O2+2. The fraction of sp³-hybridized carbons (Fsp3) is 0.940. The van der Waals surface area contributed by atoms with Crippen molar-refractivity contribution in [2.24, 2.45) is 92.7 Å². The van der Waals surface area contributed by atoms with E-state index in [1.165, 1.54) is 174 Å². The summed E-state index contributed by atoms with van der Waals surface area (Å²) in [6.45, 7) is 32.3. The number of unbranched alkanes of at least 4 members (excludes halogenated alkanes) is 2. The van der Waals surface area contributed by atoms with E-state index in [0.717, 1.165) is 106 Å². The first-order valence-corrected chi connectivity index (χ1v) is 31.8. The van der Waals surface area contributed by atoms with E-state index in [-0.39, 0.29) is 0 Å². The number of rotatable bonds is 24. The number of hydrogen-bond acceptors (Lipinski definition) is 2. The molecule has 0 aliphatic heterocycles. The average molecular weight is 986 g/mol. The van der Waals surface area contributed by atoms with Gasteiger partial charge in [-0.05, 0) is 215 Å². The molecule has 4 heteroatoms. The van der Waals surface area contributed by atoms with Crippen LogP contribution < -0.4 is 0 Å². The van der Waals surface area contributed by atoms with Crippen molar-refractivity contribution < 1.29 is 18.4 Å². The van der Waals surface area contributed by atoms with Crippen molar-refractivity contribution in [1.82, 2.24) is 0 Å². The summed E-state index contributed by atoms with van der Waals surface area (Å²) < 4.78 is 15.7. The Balaban J connectivity index is 0.700. The zero-order chi connectivity index (χ0) is 51.0. The van der Waals surface area contributed by atoms with E-state index in [1.807, 2.05) is 0 Å². The highest BCUT2D eigenvalue weighted by atomic mass is 16.5. The summed E-state index contributed by atoms with van der Waals surface area (Å²) in [7, 11) is 9.78. The van der Waals surface area contributed by atoms with Gasteiger partial charge in [-0.1, -0.05) is 131 Å². The largest absolute Gasteiger partial charge is 0.372 e. The maximum Gasteiger partial charge on any atom is 0.102 e. The maximum atomic E-state index is 6.79. The molecular weight excluding hydrogens is 865 g/mol. The molecule has 0 unspecified atom stereocenters. The van der Waals surface area contributed by atoms with E-state index in [2.05, 4.69) is 110 Å². The Labute approximate surface area is 442 Å². The number of allylic oxidation sites excluding steroid dienone is 2. The molecule has 8 aliphatic carbocycles. The highest BCUT2D eigenvalue weighted by Crippen LogP contribution is 2.69. The molecule has 0 saturated heterocycles. The van der Waals surface area contributed by atoms with Crippen LogP contribution in [0.1, 0.15) is 230 Å². The fourth-order valence-corrected chi connectivity index (χ4v) is 20.0. The van der Waals surface area contributed by atoms with Crippen molar-refractivity contribution in [1.29, 1.82) is 0 Å². The van der Waals surface area contributed by atoms with Crippen LogP contribution >= 0.6 is 0 Å². The van der Waals surface area contributed by atoms with E-state index in [0.29, 0.717) is 33.9 Å². The molecule has 0 N–H and O–H groups in total. The monoisotopic (exact) mass is 985 g/mol. The predicted molar refractivity (Wildman–Crippen MR) is 303 cm³/mol. The number of nitrogens with zero attached hydrogens (tertiary/aromatic N) is 2. The molecule has 408 valence electrons. The topological polar surface area (TPSA) is 18.5 Å². The minimum absolute atomic E-state index is 0.416. The van der Waals surface area contributed by atoms with Gasteiger partial charge >= 0.3 is 0 Å². The molecule has 6 saturated carbocycles. The van der Waals surface area contributed by atoms with Crippen molar-refractivity contribution in [2.45, 2.75) is 242 Å². The number of quaternary nitrogens is 2. The summed E-state index contributed by atoms with van der Waals surface area (Å²) in [6, 6.07) is 0. The molecule has 6 fully saturated rings. The first-order chi connectivity index (χ1) is 33.6. The summed E-state index contributed by atoms with van der Waals surface area (Å²) in [6.07, 6.45) is 41.1. The molecule has 0 amide bonds. The van der Waals surface area contributed by atoms with Crippen molar-refractivity contribution in [3.63, 3.8) is 0 Å². The number of likely N-dealkylation sites (N-methyl/N-ethyl adjacent to an activating group) is 2. The Morgan fingerprint density at radius 1 is 0.465 bits per heavy atom. The summed E-state index contributed by atoms with van der Waals surface area (Å²) in [4.78, 5) is 0. The zero-order valence-corrected chi connectivity index (χ0v) is 49.9. The van der Waals surface area contributed by atoms with Gasteiger partial charge in [0.25, 0.3) is 0 Å². The molecule has 71 heavy (non-hydrogen) atoms. The van der Waals surface area contributed by atoms with Crippen LogP contribution in [-0.4, -0.2) is 88.8 Å². The SMILES string of the molecule is CC(C)CCC[C@@H](C)[C@H]1CC[C@H]2[C@@H]3CC=C4C[C@@H](OCC[N+](C)(C)CCCCC[N+](C)(C)CCO[C@H]5CC[C@@]6(C)C(=CC[C@H]7[C@@H]8CC[C@H]([C@H](C)CCCC(C)C)[C@@]8(C)CC[C@@H]76)C5)CC[C@]4(C)[C@H]3CC[C@]12C. The Bertz CT molecular complexity index is 1650. The lowest BCUT2D eigenvalue weighted by Crippen LogP contribution is -2.51. The zero-order valence-electron chi connectivity index (χ0n) is 49.9. The van der Waals surface area contributed by atoms with Crippen molar-refractivity contribution in [2.75, 3.05) is 67.6 Å². The van der Waals surface area contributed by atoms with Gasteiger partial charge in [0.05, 0.1) is 66.7 Å². The summed E-state index contributed by atoms with van der Waals surface area (Å²) in [5, 5.41) is 0. The molecule has 0 heterocycles. The van der Waals surface area contributed by atoms with Crippen LogP contribution in [0.4, 0.5) is 0 Å². The van der Waals surface area contributed by atoms with Crippen LogP contribution in [-0.2, 0) is 9.47 Å². The minimum atomic E-state index is 0.416. The highest BCUT2D eigenvalue weighted by Gasteiger charge is 2.61. The van der Waals surface area contributed by atoms with E-state index in [4.69, 9.17) is 9.47 Å². The second-order valence-corrected chi connectivity index (χ2v) is 30.9. The van der Waals surface area contributed by atoms with E-state index < -0.39 is 0 Å². The van der Waals surface area contributed by atoms with E-state index >= 15 is 0 Å². The van der Waals surface area contributed by atoms with Crippen molar-refractivity contribution in [3.05, 3.63) is 23.3 Å². The third kappa shape index (κ3) is 12.4. The number of hydrogen-bond donors (Lipinski definition) is 0. The molecule has 0 bridgehead atoms. The smallest absolute Gasteiger partial charge is 0.102 e. The normalized spacial score (nSPS) is 40.0. The summed E-state index contributed by atoms with van der Waals surface area (Å²) >= 11 is 0. The third-order valence-electron chi connectivity index (χ3n) is 24.6. The first-order valence-electron chi connectivity index (χ1n) is 31.8. The quantitative estimate of drug-likeness (QED) is 0.0545. The van der Waals surface area contributed by atoms with Gasteiger partial charge in [-0.3, -0.25) is 0 Å². The fourth-order valence-electron chi connectivity index (χ4n) is 20.0. The Kier molecular flexibility index (Phi) is 18.4. The van der Waals surface area contributed by atoms with Crippen LogP contribution in [0.15, 0.2) is 23.3 Å². The molecule has 0 aromatic carbocycles. The van der Waals surface area contributed by atoms with Gasteiger partial charge in [-0.15, -0.1) is 0 Å². The Morgan fingerprint density at radius 3 is 1.27 bits per heavy atom. The Morgan fingerprint density at radius 2 is 0.873 bits per heavy atom. The predicted octanol–water partition coefficient (Wildman–Crippen LogP) is 17.2. The molecule has 8 rings (SSSR count). The van der Waals surface area contributed by atoms with Crippen LogP contribution in [0.5, 0.6) is 0 Å². The first kappa shape index (κ1) is 56.5. The maximum absolute atomic E-state index is 6.79. The molecule has 16 atom stereocenters. The molecule has 0 radical (unpaired) electrons. The minimum Gasteiger partial charge on any atom is -0.372 e. The van der Waals surface area contributed by atoms with Gasteiger partial charge in [0.2, 0.25) is 0 Å². The van der Waals surface area contributed by atoms with E-state index in [9.17, 15) is 0 Å². The Hall–Kier alpha value is -0.680. The van der Waals surface area contributed by atoms with Gasteiger partial charge in [-0.25, -0.2) is 0 Å². The molecule has 0 aromatic rings. The van der Waals surface area contributed by atoms with Crippen molar-refractivity contribution in [3.8, 4) is 0 Å². The second kappa shape index (κ2) is 23.1. The van der Waals surface area contributed by atoms with Crippen LogP contribution in [0.2, 0.25) is 0 Å². The van der Waals surface area contributed by atoms with Crippen molar-refractivity contribution >= 4 is 0 Å². The second-order valence-electron chi connectivity index (χ2n) is 30.9. The van der Waals surface area contributed by atoms with Gasteiger partial charge in [0.15, 0.2) is 0 Å². The third-order valence-corrected chi connectivity index (χ3v) is 24.6. The lowest BCUT2D eigenvalue weighted by Gasteiger charge is -2.58. The lowest BCUT2D eigenvalue weighted by molar-refractivity contribution is -0.893. The lowest BCUT2D eigenvalue weighted by atomic mass is 9.47. The molecule has 8 aliphatic rings. The summed E-state index contributed by atoms with van der Waals surface area (Å²) in [5.74, 6) is 10.9. The standard InChI is InChI=1S/C67H120N2O2/c1-48(2)20-18-22-50(5)58-28-30-60-56-26-24-52-46-54(32-36-64(52,7)62(56)34-38-66(58,60)9)70-44-42-68(11,12)40-16-15-17-41-69(13,14)43-45-71-55-33-37-65(8)53(47-55)25-27-57-61-31-29-59(51(6)23-19-21-49(3)4)67(61,10)39-35-63(57)65/h24-25,48-51,54-63H,15-23,26-47H2,1-14H3/q+2/t50-,51-,54+,55+,56+,57+,58-,59-,60+,61+,62+,63+,64+,65+,66-,67-/m1/s1. The average Bonchev–Trinajstić information content (AvgIpc) is 3.85. The van der Waals surface area contributed by atoms with Crippen LogP contribution in [0, 0.1) is 92.7 Å². The highest BCUT2D eigenvalue weighted by molar-refractivity contribution is 5.27. The van der Waals surface area contributed by atoms with Crippen LogP contribution in [0.25, 0.3) is 0 Å². The van der Waals surface area contributed by atoms with Gasteiger partial charge in [-0.2, -0.15) is 0 Å². The number of fused-ring (bicyclic) bond motifs is 10. The van der Waals surface area contributed by atoms with Crippen LogP contribution in [0.3, 0.4) is 0 Å².